The van der Waals surface area contributed by atoms with E-state index in [4.69, 9.17) is 5.73 Å². The molecule has 176 valence electrons. The summed E-state index contributed by atoms with van der Waals surface area (Å²) in [7, 11) is 0. The van der Waals surface area contributed by atoms with E-state index >= 15 is 0 Å². The van der Waals surface area contributed by atoms with Crippen molar-refractivity contribution in [3.05, 3.63) is 35.7 Å². The van der Waals surface area contributed by atoms with E-state index in [1.165, 1.54) is 18.2 Å². The van der Waals surface area contributed by atoms with E-state index in [1.807, 2.05) is 32.3 Å². The number of rotatable bonds is 10. The number of para-hydroxylation sites is 1. The third kappa shape index (κ3) is 6.98. The molecule has 1 aromatic carbocycles. The fourth-order valence-corrected chi connectivity index (χ4v) is 4.08. The van der Waals surface area contributed by atoms with Crippen LogP contribution in [0.2, 0.25) is 0 Å². The van der Waals surface area contributed by atoms with Crippen molar-refractivity contribution in [1.82, 2.24) is 14.8 Å². The van der Waals surface area contributed by atoms with Crippen molar-refractivity contribution < 1.29 is 22.8 Å². The van der Waals surface area contributed by atoms with Crippen LogP contribution in [0, 0.1) is 11.8 Å². The van der Waals surface area contributed by atoms with E-state index < -0.39 is 28.8 Å². The Bertz CT molecular complexity index is 944. The van der Waals surface area contributed by atoms with Crippen molar-refractivity contribution in [2.75, 3.05) is 5.32 Å². The number of nitrogens with two attached hydrogens (primary N) is 1. The van der Waals surface area contributed by atoms with Crippen LogP contribution in [-0.2, 0) is 28.7 Å². The highest BCUT2D eigenvalue weighted by molar-refractivity contribution is 8.00. The SMILES string of the molecule is CC(C)Cn1c(CCC(N)=O)nnc1SC(C(=O)Nc1ccccc1C(F)(F)F)C(C)C. The lowest BCUT2D eigenvalue weighted by atomic mass is 10.1. The van der Waals surface area contributed by atoms with Gasteiger partial charge in [0.25, 0.3) is 0 Å². The van der Waals surface area contributed by atoms with Crippen LogP contribution in [0.15, 0.2) is 29.4 Å². The molecule has 2 rings (SSSR count). The van der Waals surface area contributed by atoms with Gasteiger partial charge in [-0.25, -0.2) is 0 Å². The smallest absolute Gasteiger partial charge is 0.370 e. The zero-order chi connectivity index (χ0) is 24.1. The summed E-state index contributed by atoms with van der Waals surface area (Å²) >= 11 is 1.14. The average Bonchev–Trinajstić information content (AvgIpc) is 3.04. The third-order valence-electron chi connectivity index (χ3n) is 4.52. The fraction of sp³-hybridized carbons (Fsp3) is 0.524. The Kier molecular flexibility index (Phi) is 8.71. The number of primary amides is 1. The van der Waals surface area contributed by atoms with Gasteiger partial charge in [-0.1, -0.05) is 51.6 Å². The van der Waals surface area contributed by atoms with Crippen LogP contribution in [0.4, 0.5) is 18.9 Å². The highest BCUT2D eigenvalue weighted by Crippen LogP contribution is 2.36. The van der Waals surface area contributed by atoms with Gasteiger partial charge in [-0.2, -0.15) is 13.2 Å². The van der Waals surface area contributed by atoms with Crippen LogP contribution in [0.1, 0.15) is 45.5 Å². The molecule has 1 heterocycles. The van der Waals surface area contributed by atoms with Gasteiger partial charge in [0, 0.05) is 19.4 Å². The van der Waals surface area contributed by atoms with Crippen LogP contribution in [-0.4, -0.2) is 31.8 Å². The molecule has 0 saturated heterocycles. The van der Waals surface area contributed by atoms with Crippen molar-refractivity contribution >= 4 is 29.3 Å². The molecule has 1 atom stereocenters. The van der Waals surface area contributed by atoms with Gasteiger partial charge in [0.2, 0.25) is 11.8 Å². The molecular formula is C21H28F3N5O2S. The van der Waals surface area contributed by atoms with Gasteiger partial charge in [-0.05, 0) is 24.0 Å². The first-order valence-electron chi connectivity index (χ1n) is 10.2. The van der Waals surface area contributed by atoms with Crippen LogP contribution in [0.3, 0.4) is 0 Å². The molecule has 11 heteroatoms. The first-order chi connectivity index (χ1) is 14.9. The maximum Gasteiger partial charge on any atom is 0.418 e. The maximum atomic E-state index is 13.3. The number of amides is 2. The molecule has 0 spiro atoms. The monoisotopic (exact) mass is 471 g/mol. The van der Waals surface area contributed by atoms with Crippen LogP contribution >= 0.6 is 11.8 Å². The lowest BCUT2D eigenvalue weighted by Gasteiger charge is -2.21. The van der Waals surface area contributed by atoms with Crippen molar-refractivity contribution in [1.29, 1.82) is 0 Å². The number of halogens is 3. The molecule has 0 aliphatic carbocycles. The van der Waals surface area contributed by atoms with E-state index in [1.54, 1.807) is 0 Å². The molecule has 0 radical (unpaired) electrons. The van der Waals surface area contributed by atoms with E-state index in [0.29, 0.717) is 23.9 Å². The van der Waals surface area contributed by atoms with Gasteiger partial charge >= 0.3 is 6.18 Å². The summed E-state index contributed by atoms with van der Waals surface area (Å²) in [5, 5.41) is 10.5. The fourth-order valence-electron chi connectivity index (χ4n) is 3.02. The van der Waals surface area contributed by atoms with E-state index in [0.717, 1.165) is 17.8 Å². The number of aromatic nitrogens is 3. The molecule has 0 fully saturated rings. The quantitative estimate of drug-likeness (QED) is 0.507. The van der Waals surface area contributed by atoms with E-state index in [2.05, 4.69) is 15.5 Å². The number of nitrogens with one attached hydrogen (secondary N) is 1. The maximum absolute atomic E-state index is 13.3. The molecule has 1 aromatic heterocycles. The predicted molar refractivity (Wildman–Crippen MR) is 117 cm³/mol. The topological polar surface area (TPSA) is 103 Å². The lowest BCUT2D eigenvalue weighted by Crippen LogP contribution is -2.31. The molecule has 3 N–H and O–H groups in total. The van der Waals surface area contributed by atoms with Gasteiger partial charge in [-0.3, -0.25) is 9.59 Å². The summed E-state index contributed by atoms with van der Waals surface area (Å²) in [6, 6.07) is 4.87. The minimum atomic E-state index is -4.59. The van der Waals surface area contributed by atoms with Gasteiger partial charge in [0.15, 0.2) is 5.16 Å². The highest BCUT2D eigenvalue weighted by Gasteiger charge is 2.35. The van der Waals surface area contributed by atoms with Crippen molar-refractivity contribution in [2.45, 2.75) is 63.7 Å². The molecule has 7 nitrogen and oxygen atoms in total. The number of thioether (sulfide) groups is 1. The van der Waals surface area contributed by atoms with Crippen LogP contribution < -0.4 is 11.1 Å². The summed E-state index contributed by atoms with van der Waals surface area (Å²) in [5.41, 5.74) is 4.05. The number of hydrogen-bond acceptors (Lipinski definition) is 5. The first-order valence-corrected chi connectivity index (χ1v) is 11.1. The van der Waals surface area contributed by atoms with E-state index in [-0.39, 0.29) is 23.9 Å². The predicted octanol–water partition coefficient (Wildman–Crippen LogP) is 4.13. The number of anilines is 1. The molecule has 32 heavy (non-hydrogen) atoms. The molecule has 2 amide bonds. The zero-order valence-electron chi connectivity index (χ0n) is 18.4. The number of hydrogen-bond donors (Lipinski definition) is 2. The molecule has 0 aliphatic rings. The first kappa shape index (κ1) is 25.7. The molecule has 2 aromatic rings. The highest BCUT2D eigenvalue weighted by atomic mass is 32.2. The summed E-state index contributed by atoms with van der Waals surface area (Å²) in [6.45, 7) is 8.20. The molecule has 0 aliphatic heterocycles. The molecule has 0 bridgehead atoms. The second kappa shape index (κ2) is 10.8. The summed E-state index contributed by atoms with van der Waals surface area (Å²) < 4.78 is 41.7. The summed E-state index contributed by atoms with van der Waals surface area (Å²) in [4.78, 5) is 24.1. The number of carbonyl (C=O) groups is 2. The number of carbonyl (C=O) groups excluding carboxylic acids is 2. The lowest BCUT2D eigenvalue weighted by molar-refractivity contribution is -0.137. The number of nitrogens with zero attached hydrogens (tertiary/aromatic N) is 3. The molecule has 1 unspecified atom stereocenters. The molecule has 0 saturated carbocycles. The van der Waals surface area contributed by atoms with Gasteiger partial charge in [-0.15, -0.1) is 10.2 Å². The normalized spacial score (nSPS) is 12.9. The number of benzene rings is 1. The van der Waals surface area contributed by atoms with Gasteiger partial charge in [0.1, 0.15) is 5.82 Å². The molecular weight excluding hydrogens is 443 g/mol. The largest absolute Gasteiger partial charge is 0.418 e. The van der Waals surface area contributed by atoms with Crippen molar-refractivity contribution in [3.63, 3.8) is 0 Å². The van der Waals surface area contributed by atoms with Crippen molar-refractivity contribution in [2.24, 2.45) is 17.6 Å². The van der Waals surface area contributed by atoms with Gasteiger partial charge in [0.05, 0.1) is 16.5 Å². The number of alkyl halides is 3. The number of aryl methyl sites for hydroxylation is 1. The average molecular weight is 472 g/mol. The van der Waals surface area contributed by atoms with Crippen LogP contribution in [0.25, 0.3) is 0 Å². The van der Waals surface area contributed by atoms with Crippen LogP contribution in [0.5, 0.6) is 0 Å². The minimum Gasteiger partial charge on any atom is -0.370 e. The second-order valence-corrected chi connectivity index (χ2v) is 9.29. The third-order valence-corrected chi connectivity index (χ3v) is 6.05. The zero-order valence-corrected chi connectivity index (χ0v) is 19.3. The Labute approximate surface area is 189 Å². The summed E-state index contributed by atoms with van der Waals surface area (Å²) in [6.07, 6.45) is -4.16. The minimum absolute atomic E-state index is 0.114. The second-order valence-electron chi connectivity index (χ2n) is 8.18. The Morgan fingerprint density at radius 2 is 1.81 bits per heavy atom. The van der Waals surface area contributed by atoms with Crippen molar-refractivity contribution in [3.8, 4) is 0 Å². The Hall–Kier alpha value is -2.56. The Morgan fingerprint density at radius 1 is 1.16 bits per heavy atom. The summed E-state index contributed by atoms with van der Waals surface area (Å²) in [5.74, 6) is -0.398. The standard InChI is InChI=1S/C21H28F3N5O2S/c1-12(2)11-29-17(10-9-16(25)30)27-28-20(29)32-18(13(3)4)19(31)26-15-8-6-5-7-14(15)21(22,23)24/h5-8,12-13,18H,9-11H2,1-4H3,(H2,25,30)(H,26,31). The Morgan fingerprint density at radius 3 is 2.38 bits per heavy atom. The Balaban J connectivity index is 2.29. The van der Waals surface area contributed by atoms with E-state index in [9.17, 15) is 22.8 Å². The van der Waals surface area contributed by atoms with Gasteiger partial charge < -0.3 is 15.6 Å².